The highest BCUT2D eigenvalue weighted by atomic mass is 32.2. The summed E-state index contributed by atoms with van der Waals surface area (Å²) in [5.74, 6) is 0. The van der Waals surface area contributed by atoms with Crippen LogP contribution in [0.3, 0.4) is 0 Å². The van der Waals surface area contributed by atoms with Crippen molar-refractivity contribution in [2.45, 2.75) is 4.90 Å². The molecule has 0 aliphatic rings. The van der Waals surface area contributed by atoms with Gasteiger partial charge >= 0.3 is 0 Å². The molecule has 0 aliphatic heterocycles. The van der Waals surface area contributed by atoms with Crippen LogP contribution in [-0.4, -0.2) is 23.6 Å². The van der Waals surface area contributed by atoms with Crippen molar-refractivity contribution in [3.63, 3.8) is 0 Å². The molecule has 0 saturated carbocycles. The van der Waals surface area contributed by atoms with Crippen molar-refractivity contribution in [2.75, 3.05) is 0 Å². The van der Waals surface area contributed by atoms with Crippen molar-refractivity contribution in [1.29, 1.82) is 0 Å². The Morgan fingerprint density at radius 3 is 2.32 bits per heavy atom. The largest absolute Gasteiger partial charge is 0.329 e. The van der Waals surface area contributed by atoms with E-state index in [1.807, 2.05) is 0 Å². The number of H-pyrrole nitrogens is 1. The zero-order valence-corrected chi connectivity index (χ0v) is 12.8. The Morgan fingerprint density at radius 2 is 1.82 bits per heavy atom. The molecule has 1 aromatic carbocycles. The van der Waals surface area contributed by atoms with Crippen molar-refractivity contribution in [3.05, 3.63) is 64.5 Å². The van der Waals surface area contributed by atoms with Crippen LogP contribution in [0.2, 0.25) is 0 Å². The maximum absolute atomic E-state index is 11.3. The lowest BCUT2D eigenvalue weighted by Gasteiger charge is -2.02. The normalized spacial score (nSPS) is 10.6. The molecule has 0 amide bonds. The summed E-state index contributed by atoms with van der Waals surface area (Å²) in [4.78, 5) is 12.8. The maximum Gasteiger partial charge on any atom is 0.247 e. The predicted molar refractivity (Wildman–Crippen MR) is 83.8 cm³/mol. The molecular weight excluding hydrogens is 324 g/mol. The Kier molecular flexibility index (Phi) is 5.15. The minimum atomic E-state index is -3.72. The van der Waals surface area contributed by atoms with E-state index in [-0.39, 0.29) is 10.5 Å². The van der Waals surface area contributed by atoms with Crippen LogP contribution in [0.5, 0.6) is 0 Å². The number of nitrogens with zero attached hydrogens (tertiary/aromatic N) is 2. The minimum Gasteiger partial charge on any atom is -0.329 e. The number of sulfonamides is 1. The number of rotatable bonds is 2. The summed E-state index contributed by atoms with van der Waals surface area (Å²) < 4.78 is 22.6. The molecule has 3 aromatic rings. The van der Waals surface area contributed by atoms with Gasteiger partial charge in [-0.1, -0.05) is 35.6 Å². The summed E-state index contributed by atoms with van der Waals surface area (Å²) in [6.45, 7) is 0. The lowest BCUT2D eigenvalue weighted by atomic mass is 10.2. The van der Waals surface area contributed by atoms with E-state index in [0.717, 1.165) is 0 Å². The number of benzene rings is 1. The smallest absolute Gasteiger partial charge is 0.247 e. The number of nitrogens with two attached hydrogens (primary N) is 1. The van der Waals surface area contributed by atoms with Crippen LogP contribution in [0, 0.1) is 0 Å². The van der Waals surface area contributed by atoms with Gasteiger partial charge in [0, 0.05) is 17.8 Å². The average molecular weight is 336 g/mol. The summed E-state index contributed by atoms with van der Waals surface area (Å²) in [6.07, 6.45) is 1.60. The van der Waals surface area contributed by atoms with Crippen LogP contribution in [0.4, 0.5) is 0 Å². The summed E-state index contributed by atoms with van der Waals surface area (Å²) in [7, 11) is -3.72. The Bertz CT molecular complexity index is 872. The Hall–Kier alpha value is -2.36. The molecule has 2 heterocycles. The monoisotopic (exact) mass is 336 g/mol. The van der Waals surface area contributed by atoms with Crippen molar-refractivity contribution in [2.24, 2.45) is 5.14 Å². The van der Waals surface area contributed by atoms with Crippen LogP contribution >= 0.6 is 11.3 Å². The van der Waals surface area contributed by atoms with Gasteiger partial charge in [-0.15, -0.1) is 10.2 Å². The Labute approximate surface area is 130 Å². The van der Waals surface area contributed by atoms with Gasteiger partial charge < -0.3 is 4.98 Å². The number of hydrogen-bond donors (Lipinski definition) is 2. The third kappa shape index (κ3) is 4.32. The van der Waals surface area contributed by atoms with E-state index in [1.165, 1.54) is 29.0 Å². The lowest BCUT2D eigenvalue weighted by Crippen LogP contribution is -2.13. The molecule has 22 heavy (non-hydrogen) atoms. The highest BCUT2D eigenvalue weighted by molar-refractivity contribution is 7.89. The second-order valence-electron chi connectivity index (χ2n) is 4.01. The van der Waals surface area contributed by atoms with Gasteiger partial charge in [0.15, 0.2) is 0 Å². The zero-order chi connectivity index (χ0) is 16.0. The van der Waals surface area contributed by atoms with Gasteiger partial charge in [0.1, 0.15) is 10.5 Å². The second kappa shape index (κ2) is 7.07. The molecule has 2 aromatic heterocycles. The molecule has 0 unspecified atom stereocenters. The summed E-state index contributed by atoms with van der Waals surface area (Å²) in [5.41, 5.74) is 1.97. The fourth-order valence-corrected chi connectivity index (χ4v) is 2.96. The molecule has 0 radical (unpaired) electrons. The summed E-state index contributed by atoms with van der Waals surface area (Å²) in [5, 5.41) is 13.1. The Balaban J connectivity index is 0.000000211. The van der Waals surface area contributed by atoms with Gasteiger partial charge in [-0.25, -0.2) is 13.6 Å². The average Bonchev–Trinajstić information content (AvgIpc) is 3.02. The molecule has 0 bridgehead atoms. The van der Waals surface area contributed by atoms with Crippen molar-refractivity contribution >= 4 is 21.4 Å². The van der Waals surface area contributed by atoms with E-state index in [9.17, 15) is 13.2 Å². The first-order valence-corrected chi connectivity index (χ1v) is 8.43. The van der Waals surface area contributed by atoms with Crippen molar-refractivity contribution < 1.29 is 8.42 Å². The van der Waals surface area contributed by atoms with Crippen LogP contribution in [0.25, 0.3) is 10.6 Å². The fourth-order valence-electron chi connectivity index (χ4n) is 1.56. The molecular formula is C13H12N4O3S2. The van der Waals surface area contributed by atoms with Crippen LogP contribution in [0.15, 0.2) is 63.9 Å². The van der Waals surface area contributed by atoms with Gasteiger partial charge in [0.25, 0.3) is 0 Å². The van der Waals surface area contributed by atoms with Gasteiger partial charge in [0.2, 0.25) is 15.6 Å². The summed E-state index contributed by atoms with van der Waals surface area (Å²) in [6, 6.07) is 11.4. The first-order valence-electron chi connectivity index (χ1n) is 6.00. The van der Waals surface area contributed by atoms with E-state index in [0.29, 0.717) is 10.6 Å². The number of hydrogen-bond acceptors (Lipinski definition) is 6. The zero-order valence-electron chi connectivity index (χ0n) is 11.2. The van der Waals surface area contributed by atoms with E-state index in [4.69, 9.17) is 5.14 Å². The van der Waals surface area contributed by atoms with Crippen LogP contribution < -0.4 is 10.7 Å². The molecule has 0 fully saturated rings. The van der Waals surface area contributed by atoms with Gasteiger partial charge in [-0.05, 0) is 12.1 Å². The van der Waals surface area contributed by atoms with Crippen LogP contribution in [0.1, 0.15) is 0 Å². The molecule has 0 atom stereocenters. The lowest BCUT2D eigenvalue weighted by molar-refractivity contribution is 0.598. The SMILES string of the molecule is NS(=O)(=O)c1ccccc1-c1nncs1.O=c1cccc[nH]1. The molecule has 3 N–H and O–H groups in total. The molecule has 0 spiro atoms. The van der Waals surface area contributed by atoms with Crippen molar-refractivity contribution in [1.82, 2.24) is 15.2 Å². The number of pyridine rings is 1. The molecule has 114 valence electrons. The molecule has 9 heteroatoms. The number of aromatic amines is 1. The predicted octanol–water partition coefficient (Wildman–Crippen LogP) is 1.23. The fraction of sp³-hybridized carbons (Fsp3) is 0. The van der Waals surface area contributed by atoms with E-state index in [2.05, 4.69) is 15.2 Å². The first kappa shape index (κ1) is 16.0. The van der Waals surface area contributed by atoms with Crippen LogP contribution in [-0.2, 0) is 10.0 Å². The molecule has 0 saturated heterocycles. The molecule has 3 rings (SSSR count). The quantitative estimate of drug-likeness (QED) is 0.729. The van der Waals surface area contributed by atoms with E-state index >= 15 is 0 Å². The third-order valence-corrected chi connectivity index (χ3v) is 4.16. The summed E-state index contributed by atoms with van der Waals surface area (Å²) >= 11 is 1.26. The topological polar surface area (TPSA) is 119 Å². The first-order chi connectivity index (χ1) is 10.5. The second-order valence-corrected chi connectivity index (χ2v) is 6.37. The minimum absolute atomic E-state index is 0.0532. The van der Waals surface area contributed by atoms with Gasteiger partial charge in [0.05, 0.1) is 4.90 Å². The van der Waals surface area contributed by atoms with Gasteiger partial charge in [-0.2, -0.15) is 0 Å². The van der Waals surface area contributed by atoms with Gasteiger partial charge in [-0.3, -0.25) is 4.79 Å². The van der Waals surface area contributed by atoms with Crippen molar-refractivity contribution in [3.8, 4) is 10.6 Å². The number of primary sulfonamides is 1. The highest BCUT2D eigenvalue weighted by Crippen LogP contribution is 2.26. The number of aromatic nitrogens is 3. The standard InChI is InChI=1S/C8H7N3O2S2.C5H5NO/c9-15(12,13)7-4-2-1-3-6(7)8-11-10-5-14-8;7-5-3-1-2-4-6-5/h1-5H,(H2,9,12,13);1-4H,(H,6,7). The molecule has 0 aliphatic carbocycles. The third-order valence-electron chi connectivity index (χ3n) is 2.46. The Morgan fingerprint density at radius 1 is 1.09 bits per heavy atom. The highest BCUT2D eigenvalue weighted by Gasteiger charge is 2.15. The van der Waals surface area contributed by atoms with E-state index in [1.54, 1.807) is 36.5 Å². The molecule has 7 nitrogen and oxygen atoms in total. The number of nitrogens with one attached hydrogen (secondary N) is 1. The maximum atomic E-state index is 11.3. The van der Waals surface area contributed by atoms with E-state index < -0.39 is 10.0 Å².